The number of halogens is 3. The number of hydrogen-bond acceptors (Lipinski definition) is 2. The fourth-order valence-corrected chi connectivity index (χ4v) is 1.46. The fourth-order valence-electron chi connectivity index (χ4n) is 1.46. The van der Waals surface area contributed by atoms with Gasteiger partial charge < -0.3 is 9.88 Å². The molecule has 0 saturated heterocycles. The summed E-state index contributed by atoms with van der Waals surface area (Å²) in [6.45, 7) is 2.77. The van der Waals surface area contributed by atoms with Crippen LogP contribution < -0.4 is 0 Å². The summed E-state index contributed by atoms with van der Waals surface area (Å²) in [5, 5.41) is 0. The second kappa shape index (κ2) is 4.91. The van der Waals surface area contributed by atoms with Gasteiger partial charge in [0.05, 0.1) is 23.1 Å². The molecule has 0 atom stereocenters. The van der Waals surface area contributed by atoms with Crippen LogP contribution in [0.15, 0.2) is 23.2 Å². The molecule has 0 saturated carbocycles. The number of benzene rings is 1. The van der Waals surface area contributed by atoms with E-state index >= 15 is 0 Å². The number of nitrogens with zero attached hydrogens (tertiary/aromatic N) is 3. The maximum atomic E-state index is 12.5. The molecule has 2 rings (SSSR count). The smallest absolute Gasteiger partial charge is 0.366 e. The number of aromatic nitrogens is 2. The Labute approximate surface area is 108 Å². The van der Waals surface area contributed by atoms with Crippen LogP contribution in [0.2, 0.25) is 0 Å². The van der Waals surface area contributed by atoms with Crippen LogP contribution in [0.25, 0.3) is 11.0 Å². The first kappa shape index (κ1) is 13.4. The molecule has 4 nitrogen and oxygen atoms in total. The highest BCUT2D eigenvalue weighted by atomic mass is 19.4. The van der Waals surface area contributed by atoms with Gasteiger partial charge in [0.1, 0.15) is 0 Å². The van der Waals surface area contributed by atoms with Gasteiger partial charge in [0, 0.05) is 13.6 Å². The van der Waals surface area contributed by atoms with Crippen molar-refractivity contribution in [3.8, 4) is 0 Å². The Balaban J connectivity index is 2.33. The Kier molecular flexibility index (Phi) is 3.46. The molecule has 0 fully saturated rings. The molecule has 0 radical (unpaired) electrons. The Bertz CT molecular complexity index is 601. The number of aromatic amines is 1. The van der Waals surface area contributed by atoms with Crippen LogP contribution in [0.4, 0.5) is 18.9 Å². The largest absolute Gasteiger partial charge is 0.449 e. The van der Waals surface area contributed by atoms with E-state index < -0.39 is 12.0 Å². The summed E-state index contributed by atoms with van der Waals surface area (Å²) in [7, 11) is 1.86. The molecule has 0 aliphatic rings. The van der Waals surface area contributed by atoms with E-state index in [4.69, 9.17) is 0 Å². The first-order valence-electron chi connectivity index (χ1n) is 5.71. The fraction of sp³-hybridized carbons (Fsp3) is 0.333. The predicted molar refractivity (Wildman–Crippen MR) is 67.6 cm³/mol. The summed E-state index contributed by atoms with van der Waals surface area (Å²) in [4.78, 5) is 11.8. The number of aliphatic imine (C=N–C) groups is 1. The highest BCUT2D eigenvalue weighted by Crippen LogP contribution is 2.29. The lowest BCUT2D eigenvalue weighted by Gasteiger charge is -2.07. The van der Waals surface area contributed by atoms with Crippen molar-refractivity contribution in [1.82, 2.24) is 14.9 Å². The Morgan fingerprint density at radius 3 is 2.79 bits per heavy atom. The molecule has 7 heteroatoms. The van der Waals surface area contributed by atoms with E-state index in [0.29, 0.717) is 11.2 Å². The molecule has 1 aromatic heterocycles. The van der Waals surface area contributed by atoms with Gasteiger partial charge in [0.25, 0.3) is 0 Å². The topological polar surface area (TPSA) is 44.3 Å². The number of rotatable bonds is 3. The summed E-state index contributed by atoms with van der Waals surface area (Å²) in [5.41, 5.74) is 1.16. The molecule has 2 aromatic rings. The normalized spacial score (nSPS) is 12.5. The maximum absolute atomic E-state index is 12.5. The van der Waals surface area contributed by atoms with Crippen molar-refractivity contribution in [2.45, 2.75) is 13.1 Å². The van der Waals surface area contributed by atoms with E-state index in [1.165, 1.54) is 12.1 Å². The van der Waals surface area contributed by atoms with Crippen molar-refractivity contribution in [2.75, 3.05) is 13.6 Å². The molecule has 19 heavy (non-hydrogen) atoms. The molecule has 0 aliphatic carbocycles. The Morgan fingerprint density at radius 1 is 1.42 bits per heavy atom. The van der Waals surface area contributed by atoms with Gasteiger partial charge in [0.15, 0.2) is 0 Å². The second-order valence-electron chi connectivity index (χ2n) is 4.10. The lowest BCUT2D eigenvalue weighted by atomic mass is 10.3. The first-order valence-corrected chi connectivity index (χ1v) is 5.71. The highest BCUT2D eigenvalue weighted by Gasteiger charge is 2.34. The number of fused-ring (bicyclic) bond motifs is 1. The van der Waals surface area contributed by atoms with E-state index in [0.717, 1.165) is 6.54 Å². The van der Waals surface area contributed by atoms with Crippen molar-refractivity contribution in [2.24, 2.45) is 4.99 Å². The van der Waals surface area contributed by atoms with Crippen LogP contribution >= 0.6 is 0 Å². The summed E-state index contributed by atoms with van der Waals surface area (Å²) in [5.74, 6) is -0.991. The minimum absolute atomic E-state index is 0.251. The highest BCUT2D eigenvalue weighted by molar-refractivity contribution is 5.79. The van der Waals surface area contributed by atoms with E-state index in [1.807, 2.05) is 18.9 Å². The zero-order chi connectivity index (χ0) is 14.0. The molecule has 0 amide bonds. The molecule has 0 spiro atoms. The monoisotopic (exact) mass is 270 g/mol. The van der Waals surface area contributed by atoms with Crippen LogP contribution in [0.3, 0.4) is 0 Å². The second-order valence-corrected chi connectivity index (χ2v) is 4.10. The van der Waals surface area contributed by atoms with Crippen LogP contribution in [-0.2, 0) is 6.18 Å². The summed E-state index contributed by atoms with van der Waals surface area (Å²) >= 11 is 0. The molecule has 102 valence electrons. The number of imidazole rings is 1. The summed E-state index contributed by atoms with van der Waals surface area (Å²) < 4.78 is 37.5. The van der Waals surface area contributed by atoms with Crippen LogP contribution in [0.1, 0.15) is 12.7 Å². The van der Waals surface area contributed by atoms with Crippen molar-refractivity contribution in [3.63, 3.8) is 0 Å². The van der Waals surface area contributed by atoms with Crippen molar-refractivity contribution in [3.05, 3.63) is 24.0 Å². The van der Waals surface area contributed by atoms with Gasteiger partial charge in [-0.15, -0.1) is 0 Å². The predicted octanol–water partition coefficient (Wildman–Crippen LogP) is 3.19. The van der Waals surface area contributed by atoms with Gasteiger partial charge in [-0.3, -0.25) is 0 Å². The Hall–Kier alpha value is -2.05. The van der Waals surface area contributed by atoms with Crippen LogP contribution in [0.5, 0.6) is 0 Å². The van der Waals surface area contributed by atoms with Gasteiger partial charge in [-0.05, 0) is 25.1 Å². The minimum atomic E-state index is -4.47. The van der Waals surface area contributed by atoms with Gasteiger partial charge in [-0.1, -0.05) is 0 Å². The number of hydrogen-bond donors (Lipinski definition) is 1. The van der Waals surface area contributed by atoms with Gasteiger partial charge in [-0.2, -0.15) is 13.2 Å². The average molecular weight is 270 g/mol. The zero-order valence-electron chi connectivity index (χ0n) is 10.5. The standard InChI is InChI=1S/C12H13F3N4/c1-3-19(2)7-16-8-4-5-9-10(6-8)18-11(17-9)12(13,14)15/h4-7H,3H2,1-2H3,(H,17,18). The molecule has 1 N–H and O–H groups in total. The molecule has 0 unspecified atom stereocenters. The quantitative estimate of drug-likeness (QED) is 0.687. The van der Waals surface area contributed by atoms with Crippen molar-refractivity contribution in [1.29, 1.82) is 0 Å². The lowest BCUT2D eigenvalue weighted by Crippen LogP contribution is -2.14. The number of alkyl halides is 3. The van der Waals surface area contributed by atoms with Crippen LogP contribution in [-0.4, -0.2) is 34.8 Å². The first-order chi connectivity index (χ1) is 8.90. The summed E-state index contributed by atoms with van der Waals surface area (Å²) in [6.07, 6.45) is -2.84. The maximum Gasteiger partial charge on any atom is 0.449 e. The average Bonchev–Trinajstić information content (AvgIpc) is 2.78. The summed E-state index contributed by atoms with van der Waals surface area (Å²) in [6, 6.07) is 4.69. The van der Waals surface area contributed by atoms with E-state index in [-0.39, 0.29) is 5.52 Å². The lowest BCUT2D eigenvalue weighted by molar-refractivity contribution is -0.144. The molecular formula is C12H13F3N4. The minimum Gasteiger partial charge on any atom is -0.366 e. The zero-order valence-corrected chi connectivity index (χ0v) is 10.5. The van der Waals surface area contributed by atoms with E-state index in [2.05, 4.69) is 15.0 Å². The third-order valence-corrected chi connectivity index (χ3v) is 2.64. The molecule has 0 aliphatic heterocycles. The SMILES string of the molecule is CCN(C)C=Nc1ccc2[nH]c(C(F)(F)F)nc2c1. The Morgan fingerprint density at radius 2 is 2.16 bits per heavy atom. The molecule has 1 heterocycles. The number of H-pyrrole nitrogens is 1. The third-order valence-electron chi connectivity index (χ3n) is 2.64. The third kappa shape index (κ3) is 3.04. The number of nitrogens with one attached hydrogen (secondary N) is 1. The van der Waals surface area contributed by atoms with E-state index in [9.17, 15) is 13.2 Å². The molecule has 1 aromatic carbocycles. The molecule has 0 bridgehead atoms. The van der Waals surface area contributed by atoms with Crippen molar-refractivity contribution < 1.29 is 13.2 Å². The van der Waals surface area contributed by atoms with Gasteiger partial charge >= 0.3 is 6.18 Å². The van der Waals surface area contributed by atoms with Crippen LogP contribution in [0, 0.1) is 0 Å². The molecular weight excluding hydrogens is 257 g/mol. The van der Waals surface area contributed by atoms with E-state index in [1.54, 1.807) is 12.4 Å². The van der Waals surface area contributed by atoms with Gasteiger partial charge in [-0.25, -0.2) is 9.98 Å². The van der Waals surface area contributed by atoms with Gasteiger partial charge in [0.2, 0.25) is 5.82 Å². The van der Waals surface area contributed by atoms with Crippen molar-refractivity contribution >= 4 is 23.1 Å².